The molecule has 1 aliphatic heterocycles. The minimum Gasteiger partial charge on any atom is -0.380 e. The van der Waals surface area contributed by atoms with Crippen LogP contribution in [0, 0.1) is 5.82 Å². The zero-order valence-corrected chi connectivity index (χ0v) is 15.9. The molecule has 2 rings (SSSR count). The monoisotopic (exact) mass is 437 g/mol. The van der Waals surface area contributed by atoms with Crippen LogP contribution in [0.2, 0.25) is 0 Å². The molecular weight excluding hydrogens is 412 g/mol. The Morgan fingerprint density at radius 2 is 2.26 bits per heavy atom. The fourth-order valence-electron chi connectivity index (χ4n) is 2.43. The number of benzene rings is 1. The first kappa shape index (κ1) is 20.1. The van der Waals surface area contributed by atoms with Crippen molar-refractivity contribution < 1.29 is 13.9 Å². The second kappa shape index (κ2) is 10.8. The van der Waals surface area contributed by atoms with Crippen molar-refractivity contribution in [3.05, 3.63) is 35.1 Å². The molecule has 23 heavy (non-hydrogen) atoms. The second-order valence-electron chi connectivity index (χ2n) is 5.30. The van der Waals surface area contributed by atoms with Gasteiger partial charge in [-0.25, -0.2) is 4.39 Å². The zero-order chi connectivity index (χ0) is 15.8. The first-order valence-electron chi connectivity index (χ1n) is 7.55. The van der Waals surface area contributed by atoms with Gasteiger partial charge in [-0.2, -0.15) is 0 Å². The number of rotatable bonds is 6. The van der Waals surface area contributed by atoms with Crippen LogP contribution in [-0.2, 0) is 22.6 Å². The number of nitrogens with one attached hydrogen (secondary N) is 2. The van der Waals surface area contributed by atoms with Gasteiger partial charge in [0.15, 0.2) is 5.96 Å². The highest BCUT2D eigenvalue weighted by atomic mass is 127. The Kier molecular flexibility index (Phi) is 9.42. The van der Waals surface area contributed by atoms with E-state index in [1.807, 2.05) is 0 Å². The number of methoxy groups -OCH3 is 1. The van der Waals surface area contributed by atoms with E-state index in [0.29, 0.717) is 18.1 Å². The lowest BCUT2D eigenvalue weighted by Gasteiger charge is -2.15. The van der Waals surface area contributed by atoms with Crippen molar-refractivity contribution in [1.29, 1.82) is 0 Å². The van der Waals surface area contributed by atoms with Crippen molar-refractivity contribution in [1.82, 2.24) is 10.6 Å². The van der Waals surface area contributed by atoms with Crippen molar-refractivity contribution in [2.24, 2.45) is 4.99 Å². The number of hydrogen-bond donors (Lipinski definition) is 2. The third-order valence-corrected chi connectivity index (χ3v) is 3.61. The predicted molar refractivity (Wildman–Crippen MR) is 99.7 cm³/mol. The molecule has 1 atom stereocenters. The summed E-state index contributed by atoms with van der Waals surface area (Å²) in [6, 6.07) is 5.03. The average Bonchev–Trinajstić information content (AvgIpc) is 3.04. The minimum atomic E-state index is -0.244. The van der Waals surface area contributed by atoms with Crippen LogP contribution in [-0.4, -0.2) is 39.4 Å². The Bertz CT molecular complexity index is 508. The molecule has 2 N–H and O–H groups in total. The smallest absolute Gasteiger partial charge is 0.191 e. The molecule has 0 aromatic heterocycles. The van der Waals surface area contributed by atoms with Crippen molar-refractivity contribution in [3.8, 4) is 0 Å². The van der Waals surface area contributed by atoms with Gasteiger partial charge < -0.3 is 20.1 Å². The Balaban J connectivity index is 0.00000264. The number of guanidine groups is 1. The molecule has 1 fully saturated rings. The standard InChI is InChI=1S/C16H24FN3O2.HI/c1-18-16(20-10-14-4-3-7-22-14)19-9-12-5-6-15(17)13(8-12)11-21-2;/h5-6,8,14H,3-4,7,9-11H2,1-2H3,(H2,18,19,20);1H. The molecule has 0 aliphatic carbocycles. The van der Waals surface area contributed by atoms with E-state index in [0.717, 1.165) is 31.6 Å². The van der Waals surface area contributed by atoms with Crippen LogP contribution in [0.1, 0.15) is 24.0 Å². The molecule has 0 radical (unpaired) electrons. The van der Waals surface area contributed by atoms with E-state index in [-0.39, 0.29) is 42.5 Å². The van der Waals surface area contributed by atoms with E-state index in [4.69, 9.17) is 9.47 Å². The topological polar surface area (TPSA) is 54.9 Å². The Hall–Kier alpha value is -0.930. The highest BCUT2D eigenvalue weighted by molar-refractivity contribution is 14.0. The molecule has 1 heterocycles. The number of aliphatic imine (C=N–C) groups is 1. The van der Waals surface area contributed by atoms with Crippen molar-refractivity contribution in [2.45, 2.75) is 32.1 Å². The highest BCUT2D eigenvalue weighted by Crippen LogP contribution is 2.12. The summed E-state index contributed by atoms with van der Waals surface area (Å²) in [6.45, 7) is 2.43. The van der Waals surface area contributed by atoms with Gasteiger partial charge in [0.1, 0.15) is 5.82 Å². The lowest BCUT2D eigenvalue weighted by molar-refractivity contribution is 0.114. The zero-order valence-electron chi connectivity index (χ0n) is 13.6. The molecule has 1 saturated heterocycles. The van der Waals surface area contributed by atoms with Crippen LogP contribution >= 0.6 is 24.0 Å². The van der Waals surface area contributed by atoms with Gasteiger partial charge in [0, 0.05) is 39.4 Å². The van der Waals surface area contributed by atoms with Crippen LogP contribution in [0.25, 0.3) is 0 Å². The molecule has 7 heteroatoms. The summed E-state index contributed by atoms with van der Waals surface area (Å²) in [5, 5.41) is 6.47. The number of ether oxygens (including phenoxy) is 2. The lowest BCUT2D eigenvalue weighted by atomic mass is 10.1. The number of hydrogen-bond acceptors (Lipinski definition) is 3. The van der Waals surface area contributed by atoms with Gasteiger partial charge in [0.25, 0.3) is 0 Å². The predicted octanol–water partition coefficient (Wildman–Crippen LogP) is 2.43. The summed E-state index contributed by atoms with van der Waals surface area (Å²) in [6.07, 6.45) is 2.47. The van der Waals surface area contributed by atoms with Gasteiger partial charge in [0.2, 0.25) is 0 Å². The van der Waals surface area contributed by atoms with Crippen LogP contribution in [0.4, 0.5) is 4.39 Å². The fourth-order valence-corrected chi connectivity index (χ4v) is 2.43. The average molecular weight is 437 g/mol. The summed E-state index contributed by atoms with van der Waals surface area (Å²) >= 11 is 0. The molecule has 0 amide bonds. The molecule has 0 bridgehead atoms. The molecule has 1 aromatic carbocycles. The van der Waals surface area contributed by atoms with E-state index in [1.165, 1.54) is 6.07 Å². The minimum absolute atomic E-state index is 0. The van der Waals surface area contributed by atoms with Crippen molar-refractivity contribution in [3.63, 3.8) is 0 Å². The Labute approximate surface area is 154 Å². The SMILES string of the molecule is CN=C(NCc1ccc(F)c(COC)c1)NCC1CCCO1.I. The summed E-state index contributed by atoms with van der Waals surface area (Å²) in [4.78, 5) is 4.18. The first-order chi connectivity index (χ1) is 10.7. The van der Waals surface area contributed by atoms with Crippen LogP contribution < -0.4 is 10.6 Å². The van der Waals surface area contributed by atoms with Gasteiger partial charge in [0.05, 0.1) is 12.7 Å². The maximum absolute atomic E-state index is 13.6. The third kappa shape index (κ3) is 6.60. The maximum atomic E-state index is 13.6. The quantitative estimate of drug-likeness (QED) is 0.408. The maximum Gasteiger partial charge on any atom is 0.191 e. The van der Waals surface area contributed by atoms with Crippen molar-refractivity contribution in [2.75, 3.05) is 27.3 Å². The fraction of sp³-hybridized carbons (Fsp3) is 0.562. The van der Waals surface area contributed by atoms with Crippen molar-refractivity contribution >= 4 is 29.9 Å². The number of halogens is 2. The molecule has 0 spiro atoms. The molecular formula is C16H25FIN3O2. The second-order valence-corrected chi connectivity index (χ2v) is 5.30. The molecule has 1 unspecified atom stereocenters. The van der Waals surface area contributed by atoms with Crippen LogP contribution in [0.15, 0.2) is 23.2 Å². The Morgan fingerprint density at radius 1 is 1.43 bits per heavy atom. The van der Waals surface area contributed by atoms with E-state index in [2.05, 4.69) is 15.6 Å². The largest absolute Gasteiger partial charge is 0.380 e. The summed E-state index contributed by atoms with van der Waals surface area (Å²) in [5.74, 6) is 0.472. The van der Waals surface area contributed by atoms with Crippen LogP contribution in [0.5, 0.6) is 0 Å². The van der Waals surface area contributed by atoms with E-state index in [1.54, 1.807) is 26.3 Å². The molecule has 5 nitrogen and oxygen atoms in total. The first-order valence-corrected chi connectivity index (χ1v) is 7.55. The molecule has 0 saturated carbocycles. The number of nitrogens with zero attached hydrogens (tertiary/aromatic N) is 1. The van der Waals surface area contributed by atoms with Gasteiger partial charge >= 0.3 is 0 Å². The molecule has 130 valence electrons. The third-order valence-electron chi connectivity index (χ3n) is 3.61. The highest BCUT2D eigenvalue weighted by Gasteiger charge is 2.15. The molecule has 1 aromatic rings. The van der Waals surface area contributed by atoms with Gasteiger partial charge in [-0.15, -0.1) is 24.0 Å². The molecule has 1 aliphatic rings. The van der Waals surface area contributed by atoms with E-state index >= 15 is 0 Å². The summed E-state index contributed by atoms with van der Waals surface area (Å²) < 4.78 is 24.1. The lowest BCUT2D eigenvalue weighted by Crippen LogP contribution is -2.40. The summed E-state index contributed by atoms with van der Waals surface area (Å²) in [5.41, 5.74) is 1.54. The van der Waals surface area contributed by atoms with Crippen LogP contribution in [0.3, 0.4) is 0 Å². The van der Waals surface area contributed by atoms with Gasteiger partial charge in [-0.05, 0) is 30.5 Å². The summed E-state index contributed by atoms with van der Waals surface area (Å²) in [7, 11) is 3.28. The van der Waals surface area contributed by atoms with E-state index < -0.39 is 0 Å². The van der Waals surface area contributed by atoms with Gasteiger partial charge in [-0.1, -0.05) is 6.07 Å². The van der Waals surface area contributed by atoms with E-state index in [9.17, 15) is 4.39 Å². The Morgan fingerprint density at radius 3 is 2.91 bits per heavy atom. The van der Waals surface area contributed by atoms with Gasteiger partial charge in [-0.3, -0.25) is 4.99 Å². The normalized spacial score (nSPS) is 17.7.